The summed E-state index contributed by atoms with van der Waals surface area (Å²) in [5.74, 6) is 0.179. The highest BCUT2D eigenvalue weighted by Gasteiger charge is 2.06. The Hall–Kier alpha value is -0.520. The molecule has 3 nitrogen and oxygen atoms in total. The van der Waals surface area contributed by atoms with Crippen LogP contribution in [0.2, 0.25) is 0 Å². The van der Waals surface area contributed by atoms with Gasteiger partial charge >= 0.3 is 5.97 Å². The van der Waals surface area contributed by atoms with Crippen LogP contribution in [0.3, 0.4) is 0 Å². The summed E-state index contributed by atoms with van der Waals surface area (Å²) in [5, 5.41) is 3.38. The standard InChI is InChI=1S/C14H20BrNO2S/c1-4-18-14(17)9-19-12-6-5-11(13(15)7-12)8-16-10(2)3/h5-7,10,16H,4,8-9H2,1-3H3. The lowest BCUT2D eigenvalue weighted by molar-refractivity contribution is -0.139. The molecular formula is C14H20BrNO2S. The van der Waals surface area contributed by atoms with Crippen LogP contribution in [0.5, 0.6) is 0 Å². The molecule has 0 fully saturated rings. The Labute approximate surface area is 127 Å². The van der Waals surface area contributed by atoms with Gasteiger partial charge in [0.1, 0.15) is 0 Å². The van der Waals surface area contributed by atoms with E-state index in [0.717, 1.165) is 15.9 Å². The Balaban J connectivity index is 2.54. The monoisotopic (exact) mass is 345 g/mol. The minimum absolute atomic E-state index is 0.172. The molecule has 5 heteroatoms. The number of rotatable bonds is 7. The molecule has 1 rings (SSSR count). The molecular weight excluding hydrogens is 326 g/mol. The molecule has 0 aromatic heterocycles. The van der Waals surface area contributed by atoms with Gasteiger partial charge in [0.25, 0.3) is 0 Å². The predicted octanol–water partition coefficient (Wildman–Crippen LogP) is 3.60. The lowest BCUT2D eigenvalue weighted by Crippen LogP contribution is -2.21. The van der Waals surface area contributed by atoms with E-state index in [0.29, 0.717) is 18.4 Å². The van der Waals surface area contributed by atoms with Crippen molar-refractivity contribution in [3.8, 4) is 0 Å². The van der Waals surface area contributed by atoms with E-state index in [1.54, 1.807) is 0 Å². The average molecular weight is 346 g/mol. The molecule has 0 bridgehead atoms. The summed E-state index contributed by atoms with van der Waals surface area (Å²) in [6, 6.07) is 6.62. The Morgan fingerprint density at radius 3 is 2.79 bits per heavy atom. The number of nitrogens with one attached hydrogen (secondary N) is 1. The Morgan fingerprint density at radius 1 is 1.47 bits per heavy atom. The topological polar surface area (TPSA) is 38.3 Å². The molecule has 0 unspecified atom stereocenters. The molecule has 0 amide bonds. The minimum Gasteiger partial charge on any atom is -0.465 e. The molecule has 106 valence electrons. The SMILES string of the molecule is CCOC(=O)CSc1ccc(CNC(C)C)c(Br)c1. The summed E-state index contributed by atoms with van der Waals surface area (Å²) < 4.78 is 5.97. The molecule has 0 aliphatic heterocycles. The lowest BCUT2D eigenvalue weighted by Gasteiger charge is -2.11. The summed E-state index contributed by atoms with van der Waals surface area (Å²) in [6.45, 7) is 7.33. The average Bonchev–Trinajstić information content (AvgIpc) is 2.35. The van der Waals surface area contributed by atoms with Crippen molar-refractivity contribution in [3.05, 3.63) is 28.2 Å². The number of hydrogen-bond donors (Lipinski definition) is 1. The van der Waals surface area contributed by atoms with Crippen LogP contribution in [0.25, 0.3) is 0 Å². The van der Waals surface area contributed by atoms with Crippen LogP contribution in [-0.4, -0.2) is 24.4 Å². The van der Waals surface area contributed by atoms with Crippen LogP contribution in [-0.2, 0) is 16.1 Å². The summed E-state index contributed by atoms with van der Waals surface area (Å²) in [4.78, 5) is 12.3. The van der Waals surface area contributed by atoms with Gasteiger partial charge in [-0.05, 0) is 24.6 Å². The Morgan fingerprint density at radius 2 is 2.21 bits per heavy atom. The first-order valence-corrected chi connectivity index (χ1v) is 8.11. The van der Waals surface area contributed by atoms with Gasteiger partial charge < -0.3 is 10.1 Å². The third-order valence-corrected chi connectivity index (χ3v) is 4.09. The number of hydrogen-bond acceptors (Lipinski definition) is 4. The van der Waals surface area contributed by atoms with Crippen LogP contribution in [0.15, 0.2) is 27.6 Å². The minimum atomic E-state index is -0.172. The fraction of sp³-hybridized carbons (Fsp3) is 0.500. The summed E-state index contributed by atoms with van der Waals surface area (Å²) in [5.41, 5.74) is 1.22. The molecule has 0 spiro atoms. The first-order valence-electron chi connectivity index (χ1n) is 6.33. The quantitative estimate of drug-likeness (QED) is 0.605. The molecule has 1 aromatic carbocycles. The second kappa shape index (κ2) is 8.61. The van der Waals surface area contributed by atoms with Crippen molar-refractivity contribution in [1.29, 1.82) is 0 Å². The maximum Gasteiger partial charge on any atom is 0.316 e. The third kappa shape index (κ3) is 6.45. The van der Waals surface area contributed by atoms with Crippen LogP contribution >= 0.6 is 27.7 Å². The van der Waals surface area contributed by atoms with Crippen molar-refractivity contribution in [2.24, 2.45) is 0 Å². The van der Waals surface area contributed by atoms with Crippen LogP contribution < -0.4 is 5.32 Å². The van der Waals surface area contributed by atoms with Crippen LogP contribution in [0.1, 0.15) is 26.3 Å². The van der Waals surface area contributed by atoms with Crippen molar-refractivity contribution < 1.29 is 9.53 Å². The number of benzene rings is 1. The summed E-state index contributed by atoms with van der Waals surface area (Å²) in [7, 11) is 0. The van der Waals surface area contributed by atoms with Crippen LogP contribution in [0, 0.1) is 0 Å². The Kier molecular flexibility index (Phi) is 7.49. The normalized spacial score (nSPS) is 10.8. The first-order chi connectivity index (χ1) is 9.02. The van der Waals surface area contributed by atoms with Crippen LogP contribution in [0.4, 0.5) is 0 Å². The number of thioether (sulfide) groups is 1. The van der Waals surface area contributed by atoms with Crippen molar-refractivity contribution in [2.45, 2.75) is 38.3 Å². The van der Waals surface area contributed by atoms with E-state index in [-0.39, 0.29) is 5.97 Å². The molecule has 19 heavy (non-hydrogen) atoms. The van der Waals surface area contributed by atoms with Crippen molar-refractivity contribution >= 4 is 33.7 Å². The number of halogens is 1. The largest absolute Gasteiger partial charge is 0.465 e. The maximum atomic E-state index is 11.3. The van der Waals surface area contributed by atoms with Crippen molar-refractivity contribution in [2.75, 3.05) is 12.4 Å². The van der Waals surface area contributed by atoms with Crippen molar-refractivity contribution in [3.63, 3.8) is 0 Å². The van der Waals surface area contributed by atoms with E-state index >= 15 is 0 Å². The van der Waals surface area contributed by atoms with E-state index in [4.69, 9.17) is 4.74 Å². The molecule has 0 aliphatic carbocycles. The second-order valence-electron chi connectivity index (χ2n) is 4.38. The molecule has 0 saturated carbocycles. The molecule has 1 aromatic rings. The van der Waals surface area contributed by atoms with Gasteiger partial charge in [0.05, 0.1) is 12.4 Å². The Bertz CT molecular complexity index is 424. The van der Waals surface area contributed by atoms with Gasteiger partial charge in [-0.25, -0.2) is 0 Å². The number of ether oxygens (including phenoxy) is 1. The van der Waals surface area contributed by atoms with E-state index in [9.17, 15) is 4.79 Å². The van der Waals surface area contributed by atoms with Gasteiger partial charge in [-0.3, -0.25) is 4.79 Å². The van der Waals surface area contributed by atoms with E-state index in [1.165, 1.54) is 17.3 Å². The van der Waals surface area contributed by atoms with E-state index < -0.39 is 0 Å². The number of carbonyl (C=O) groups is 1. The highest BCUT2D eigenvalue weighted by molar-refractivity contribution is 9.10. The van der Waals surface area contributed by atoms with Gasteiger partial charge in [0, 0.05) is 22.0 Å². The van der Waals surface area contributed by atoms with Gasteiger partial charge in [0.15, 0.2) is 0 Å². The van der Waals surface area contributed by atoms with Gasteiger partial charge in [-0.2, -0.15) is 0 Å². The molecule has 1 N–H and O–H groups in total. The number of carbonyl (C=O) groups excluding carboxylic acids is 1. The molecule has 0 saturated heterocycles. The molecule has 0 radical (unpaired) electrons. The van der Waals surface area contributed by atoms with Crippen molar-refractivity contribution in [1.82, 2.24) is 5.32 Å². The predicted molar refractivity (Wildman–Crippen MR) is 83.5 cm³/mol. The zero-order chi connectivity index (χ0) is 14.3. The molecule has 0 atom stereocenters. The zero-order valence-corrected chi connectivity index (χ0v) is 13.9. The first kappa shape index (κ1) is 16.5. The highest BCUT2D eigenvalue weighted by Crippen LogP contribution is 2.25. The van der Waals surface area contributed by atoms with E-state index in [2.05, 4.69) is 41.2 Å². The van der Waals surface area contributed by atoms with Gasteiger partial charge in [-0.15, -0.1) is 11.8 Å². The third-order valence-electron chi connectivity index (χ3n) is 2.39. The zero-order valence-electron chi connectivity index (χ0n) is 11.5. The fourth-order valence-corrected chi connectivity index (χ4v) is 2.82. The van der Waals surface area contributed by atoms with E-state index in [1.807, 2.05) is 19.1 Å². The summed E-state index contributed by atoms with van der Waals surface area (Å²) in [6.07, 6.45) is 0. The number of esters is 1. The lowest BCUT2D eigenvalue weighted by atomic mass is 10.2. The fourth-order valence-electron chi connectivity index (χ4n) is 1.42. The van der Waals surface area contributed by atoms with Gasteiger partial charge in [-0.1, -0.05) is 35.8 Å². The maximum absolute atomic E-state index is 11.3. The summed E-state index contributed by atoms with van der Waals surface area (Å²) >= 11 is 5.06. The molecule has 0 heterocycles. The van der Waals surface area contributed by atoms with Gasteiger partial charge in [0.2, 0.25) is 0 Å². The molecule has 0 aliphatic rings. The highest BCUT2D eigenvalue weighted by atomic mass is 79.9. The second-order valence-corrected chi connectivity index (χ2v) is 6.29. The smallest absolute Gasteiger partial charge is 0.316 e.